The Morgan fingerprint density at radius 3 is 2.32 bits per heavy atom. The van der Waals surface area contributed by atoms with Crippen LogP contribution in [0, 0.1) is 0 Å². The quantitative estimate of drug-likeness (QED) is 0.576. The fourth-order valence-electron chi connectivity index (χ4n) is 2.39. The SMILES string of the molecule is COc1cc(Cl)ccc1C(=O)NNC(=O)c1ccc(NC(=O)NC2CC2)cc1. The highest BCUT2D eigenvalue weighted by Crippen LogP contribution is 2.23. The standard InChI is InChI=1S/C19H19ClN4O4/c1-28-16-10-12(20)4-9-15(16)18(26)24-23-17(25)11-2-5-13(6-3-11)21-19(27)22-14-7-8-14/h2-6,9-10,14H,7-8H2,1H3,(H,23,25)(H,24,26)(H2,21,22,27). The molecule has 0 bridgehead atoms. The molecule has 9 heteroatoms. The average molecular weight is 403 g/mol. The molecule has 4 amide bonds. The molecule has 2 aromatic rings. The molecular weight excluding hydrogens is 384 g/mol. The van der Waals surface area contributed by atoms with Crippen LogP contribution in [-0.2, 0) is 0 Å². The lowest BCUT2D eigenvalue weighted by atomic mass is 10.2. The van der Waals surface area contributed by atoms with Crippen molar-refractivity contribution in [1.29, 1.82) is 0 Å². The Labute approximate surface area is 166 Å². The molecule has 0 radical (unpaired) electrons. The fourth-order valence-corrected chi connectivity index (χ4v) is 2.55. The van der Waals surface area contributed by atoms with Gasteiger partial charge in [-0.2, -0.15) is 0 Å². The van der Waals surface area contributed by atoms with Gasteiger partial charge in [0, 0.05) is 22.3 Å². The van der Waals surface area contributed by atoms with E-state index < -0.39 is 11.8 Å². The molecule has 0 aliphatic heterocycles. The summed E-state index contributed by atoms with van der Waals surface area (Å²) < 4.78 is 5.11. The van der Waals surface area contributed by atoms with E-state index in [-0.39, 0.29) is 17.6 Å². The van der Waals surface area contributed by atoms with Crippen LogP contribution in [0.2, 0.25) is 5.02 Å². The lowest BCUT2D eigenvalue weighted by Crippen LogP contribution is -2.41. The molecule has 0 spiro atoms. The summed E-state index contributed by atoms with van der Waals surface area (Å²) in [4.78, 5) is 36.1. The highest BCUT2D eigenvalue weighted by molar-refractivity contribution is 6.30. The van der Waals surface area contributed by atoms with E-state index in [9.17, 15) is 14.4 Å². The average Bonchev–Trinajstić information content (AvgIpc) is 3.50. The minimum Gasteiger partial charge on any atom is -0.496 e. The molecule has 0 unspecified atom stereocenters. The molecule has 1 saturated carbocycles. The molecule has 4 N–H and O–H groups in total. The topological polar surface area (TPSA) is 109 Å². The van der Waals surface area contributed by atoms with Crippen molar-refractivity contribution in [3.63, 3.8) is 0 Å². The van der Waals surface area contributed by atoms with Crippen molar-refractivity contribution in [2.24, 2.45) is 0 Å². The predicted molar refractivity (Wildman–Crippen MR) is 105 cm³/mol. The minimum absolute atomic E-state index is 0.230. The lowest BCUT2D eigenvalue weighted by molar-refractivity contribution is 0.0845. The Bertz CT molecular complexity index is 897. The summed E-state index contributed by atoms with van der Waals surface area (Å²) >= 11 is 5.87. The normalized spacial score (nSPS) is 12.6. The number of amides is 4. The van der Waals surface area contributed by atoms with Crippen molar-refractivity contribution in [3.8, 4) is 5.75 Å². The van der Waals surface area contributed by atoms with Crippen LogP contribution in [0.4, 0.5) is 10.5 Å². The summed E-state index contributed by atoms with van der Waals surface area (Å²) in [7, 11) is 1.42. The molecule has 1 aliphatic carbocycles. The number of benzene rings is 2. The monoisotopic (exact) mass is 402 g/mol. The number of methoxy groups -OCH3 is 1. The maximum atomic E-state index is 12.2. The Hall–Kier alpha value is -3.26. The highest BCUT2D eigenvalue weighted by Gasteiger charge is 2.23. The number of carbonyl (C=O) groups is 3. The van der Waals surface area contributed by atoms with Crippen molar-refractivity contribution in [3.05, 3.63) is 58.6 Å². The molecule has 0 heterocycles. The summed E-state index contributed by atoms with van der Waals surface area (Å²) in [5.74, 6) is -0.758. The summed E-state index contributed by atoms with van der Waals surface area (Å²) in [5.41, 5.74) is 5.76. The number of nitrogens with one attached hydrogen (secondary N) is 4. The van der Waals surface area contributed by atoms with Gasteiger partial charge >= 0.3 is 6.03 Å². The van der Waals surface area contributed by atoms with Gasteiger partial charge in [0.1, 0.15) is 5.75 Å². The van der Waals surface area contributed by atoms with E-state index in [0.717, 1.165) is 12.8 Å². The van der Waals surface area contributed by atoms with E-state index in [1.807, 2.05) is 0 Å². The zero-order valence-corrected chi connectivity index (χ0v) is 15.8. The minimum atomic E-state index is -0.545. The second-order valence-electron chi connectivity index (χ2n) is 6.20. The third kappa shape index (κ3) is 5.14. The van der Waals surface area contributed by atoms with E-state index in [1.54, 1.807) is 18.2 Å². The first-order chi connectivity index (χ1) is 13.5. The highest BCUT2D eigenvalue weighted by atomic mass is 35.5. The zero-order chi connectivity index (χ0) is 20.1. The second-order valence-corrected chi connectivity index (χ2v) is 6.64. The fraction of sp³-hybridized carbons (Fsp3) is 0.211. The molecule has 8 nitrogen and oxygen atoms in total. The van der Waals surface area contributed by atoms with Gasteiger partial charge in [0.25, 0.3) is 11.8 Å². The second kappa shape index (κ2) is 8.62. The summed E-state index contributed by atoms with van der Waals surface area (Å²) in [6, 6.07) is 10.8. The molecule has 2 aromatic carbocycles. The van der Waals surface area contributed by atoms with E-state index in [4.69, 9.17) is 16.3 Å². The van der Waals surface area contributed by atoms with Gasteiger partial charge in [-0.1, -0.05) is 11.6 Å². The number of hydrogen-bond donors (Lipinski definition) is 4. The van der Waals surface area contributed by atoms with Crippen molar-refractivity contribution in [1.82, 2.24) is 16.2 Å². The lowest BCUT2D eigenvalue weighted by Gasteiger charge is -2.11. The summed E-state index contributed by atoms with van der Waals surface area (Å²) in [6.07, 6.45) is 2.00. The molecule has 1 fully saturated rings. The van der Waals surface area contributed by atoms with Gasteiger partial charge in [-0.05, 0) is 55.3 Å². The van der Waals surface area contributed by atoms with Crippen LogP contribution < -0.4 is 26.2 Å². The van der Waals surface area contributed by atoms with E-state index >= 15 is 0 Å². The number of ether oxygens (including phenoxy) is 1. The van der Waals surface area contributed by atoms with Gasteiger partial charge in [-0.25, -0.2) is 4.79 Å². The van der Waals surface area contributed by atoms with Crippen molar-refractivity contribution < 1.29 is 19.1 Å². The Morgan fingerprint density at radius 2 is 1.68 bits per heavy atom. The molecule has 0 saturated heterocycles. The number of anilines is 1. The smallest absolute Gasteiger partial charge is 0.319 e. The molecule has 0 atom stereocenters. The van der Waals surface area contributed by atoms with Crippen molar-refractivity contribution in [2.45, 2.75) is 18.9 Å². The van der Waals surface area contributed by atoms with Gasteiger partial charge < -0.3 is 15.4 Å². The molecular formula is C19H19ClN4O4. The zero-order valence-electron chi connectivity index (χ0n) is 15.0. The van der Waals surface area contributed by atoms with E-state index in [2.05, 4.69) is 21.5 Å². The van der Waals surface area contributed by atoms with Gasteiger partial charge in [-0.15, -0.1) is 0 Å². The van der Waals surface area contributed by atoms with Crippen LogP contribution in [0.25, 0.3) is 0 Å². The number of rotatable bonds is 5. The Balaban J connectivity index is 1.54. The third-order valence-electron chi connectivity index (χ3n) is 4.02. The molecule has 28 heavy (non-hydrogen) atoms. The summed E-state index contributed by atoms with van der Waals surface area (Å²) in [6.45, 7) is 0. The van der Waals surface area contributed by atoms with Crippen LogP contribution in [0.3, 0.4) is 0 Å². The van der Waals surface area contributed by atoms with Crippen LogP contribution in [0.1, 0.15) is 33.6 Å². The Morgan fingerprint density at radius 1 is 1.00 bits per heavy atom. The van der Waals surface area contributed by atoms with Crippen LogP contribution in [0.5, 0.6) is 5.75 Å². The van der Waals surface area contributed by atoms with Gasteiger partial charge in [0.05, 0.1) is 12.7 Å². The third-order valence-corrected chi connectivity index (χ3v) is 4.25. The van der Waals surface area contributed by atoms with Crippen molar-refractivity contribution in [2.75, 3.05) is 12.4 Å². The van der Waals surface area contributed by atoms with Gasteiger partial charge in [0.15, 0.2) is 0 Å². The molecule has 3 rings (SSSR count). The first kappa shape index (κ1) is 19.5. The maximum Gasteiger partial charge on any atom is 0.319 e. The molecule has 0 aromatic heterocycles. The van der Waals surface area contributed by atoms with Crippen LogP contribution in [-0.4, -0.2) is 31.0 Å². The number of carbonyl (C=O) groups excluding carboxylic acids is 3. The Kier molecular flexibility index (Phi) is 6.00. The van der Waals surface area contributed by atoms with Crippen LogP contribution in [0.15, 0.2) is 42.5 Å². The number of urea groups is 1. The molecule has 1 aliphatic rings. The van der Waals surface area contributed by atoms with Gasteiger partial charge in [-0.3, -0.25) is 20.4 Å². The first-order valence-corrected chi connectivity index (χ1v) is 8.96. The largest absolute Gasteiger partial charge is 0.496 e. The van der Waals surface area contributed by atoms with E-state index in [0.29, 0.717) is 22.0 Å². The molecule has 146 valence electrons. The predicted octanol–water partition coefficient (Wildman–Crippen LogP) is 2.71. The summed E-state index contributed by atoms with van der Waals surface area (Å²) in [5, 5.41) is 5.93. The first-order valence-electron chi connectivity index (χ1n) is 8.58. The number of hydrazine groups is 1. The van der Waals surface area contributed by atoms with Crippen LogP contribution >= 0.6 is 11.6 Å². The maximum absolute atomic E-state index is 12.2. The number of hydrogen-bond acceptors (Lipinski definition) is 4. The number of halogens is 1. The van der Waals surface area contributed by atoms with Crippen molar-refractivity contribution >= 4 is 35.1 Å². The van der Waals surface area contributed by atoms with Gasteiger partial charge in [0.2, 0.25) is 0 Å². The van der Waals surface area contributed by atoms with E-state index in [1.165, 1.54) is 31.4 Å².